The number of nitrogens with zero attached hydrogens (tertiary/aromatic N) is 2. The molecule has 2 aromatic rings. The Morgan fingerprint density at radius 2 is 1.07 bits per heavy atom. The first-order valence-corrected chi connectivity index (χ1v) is 21.6. The van der Waals surface area contributed by atoms with Gasteiger partial charge in [-0.15, -0.1) is 0 Å². The number of carbonyl (C=O) groups excluding carboxylic acids is 7. The predicted molar refractivity (Wildman–Crippen MR) is 224 cm³/mol. The highest BCUT2D eigenvalue weighted by molar-refractivity contribution is 6.02. The number of alkyl carbamates (subject to hydrolysis) is 1. The average molecular weight is 845 g/mol. The van der Waals surface area contributed by atoms with Crippen LogP contribution in [0, 0.1) is 11.8 Å². The molecular weight excluding hydrogens is 785 g/mol. The van der Waals surface area contributed by atoms with Crippen molar-refractivity contribution >= 4 is 41.4 Å². The number of hydrogen-bond acceptors (Lipinski definition) is 12. The van der Waals surface area contributed by atoms with E-state index in [-0.39, 0.29) is 36.0 Å². The van der Waals surface area contributed by atoms with Crippen LogP contribution in [0.2, 0.25) is 0 Å². The van der Waals surface area contributed by atoms with E-state index in [0.717, 1.165) is 59.1 Å². The fraction of sp³-hybridized carbons (Fsp3) is 0.587. The normalized spacial score (nSPS) is 19.1. The van der Waals surface area contributed by atoms with E-state index < -0.39 is 61.3 Å². The van der Waals surface area contributed by atoms with E-state index >= 15 is 0 Å². The van der Waals surface area contributed by atoms with Gasteiger partial charge in [-0.2, -0.15) is 0 Å². The van der Waals surface area contributed by atoms with Crippen molar-refractivity contribution < 1.29 is 52.5 Å². The van der Waals surface area contributed by atoms with Crippen molar-refractivity contribution in [3.05, 3.63) is 57.6 Å². The number of rotatable bonds is 17. The van der Waals surface area contributed by atoms with Crippen LogP contribution < -0.4 is 10.6 Å². The lowest BCUT2D eigenvalue weighted by molar-refractivity contribution is -0.153. The number of methoxy groups -OCH3 is 2. The van der Waals surface area contributed by atoms with E-state index in [9.17, 15) is 33.6 Å². The summed E-state index contributed by atoms with van der Waals surface area (Å²) in [6.07, 6.45) is 6.05. The molecule has 2 aromatic carbocycles. The lowest BCUT2D eigenvalue weighted by Crippen LogP contribution is -2.54. The Morgan fingerprint density at radius 1 is 0.623 bits per heavy atom. The van der Waals surface area contributed by atoms with Crippen molar-refractivity contribution in [3.63, 3.8) is 0 Å². The highest BCUT2D eigenvalue weighted by atomic mass is 16.5. The summed E-state index contributed by atoms with van der Waals surface area (Å²) in [6.45, 7) is 7.52. The van der Waals surface area contributed by atoms with Crippen molar-refractivity contribution in [2.75, 3.05) is 47.3 Å². The van der Waals surface area contributed by atoms with E-state index in [1.807, 2.05) is 32.0 Å². The Labute approximate surface area is 357 Å². The number of hydrogen-bond donors (Lipinski definition) is 2. The largest absolute Gasteiger partial charge is 0.456 e. The molecule has 4 unspecified atom stereocenters. The van der Waals surface area contributed by atoms with E-state index in [1.165, 1.54) is 12.0 Å². The lowest BCUT2D eigenvalue weighted by Gasteiger charge is -2.30. The van der Waals surface area contributed by atoms with E-state index in [4.69, 9.17) is 14.2 Å². The summed E-state index contributed by atoms with van der Waals surface area (Å²) in [7, 11) is 2.76. The molecule has 2 aliphatic carbocycles. The van der Waals surface area contributed by atoms with E-state index in [2.05, 4.69) is 15.4 Å². The second-order valence-electron chi connectivity index (χ2n) is 17.1. The molecule has 0 radical (unpaired) electrons. The molecular formula is C46H60N4O11. The Hall–Kier alpha value is -5.15. The van der Waals surface area contributed by atoms with Crippen LogP contribution in [0.5, 0.6) is 0 Å². The zero-order valence-corrected chi connectivity index (χ0v) is 36.3. The zero-order chi connectivity index (χ0) is 44.0. The molecule has 330 valence electrons. The van der Waals surface area contributed by atoms with E-state index in [0.29, 0.717) is 62.7 Å². The van der Waals surface area contributed by atoms with Gasteiger partial charge in [0, 0.05) is 31.3 Å². The standard InChI is InChI=1S/C46H60N4O11/c1-26(2)40(47-25-58-5)42(53)49-21-9-15-36(49)44(55)60-23-38(51)34-19-17-32(28-11-7-13-30(28)34)33-18-20-35(31-14-8-12-29(31)33)39(52)24-61-45(56)37-16-10-22-50(37)43(54)41(27(3)4)48-46(57)59-6/h17-20,26-27,36-37,40-41,47H,7-16,21-25H2,1-6H3,(H,48,57). The van der Waals surface area contributed by atoms with Crippen LogP contribution in [0.4, 0.5) is 4.79 Å². The maximum absolute atomic E-state index is 13.7. The summed E-state index contributed by atoms with van der Waals surface area (Å²) in [5, 5.41) is 5.66. The van der Waals surface area contributed by atoms with E-state index in [1.54, 1.807) is 31.9 Å². The maximum Gasteiger partial charge on any atom is 0.407 e. The molecule has 2 fully saturated rings. The number of benzene rings is 2. The highest BCUT2D eigenvalue weighted by Gasteiger charge is 2.41. The summed E-state index contributed by atoms with van der Waals surface area (Å²) in [5.74, 6) is -2.73. The van der Waals surface area contributed by atoms with Gasteiger partial charge in [-0.25, -0.2) is 14.4 Å². The summed E-state index contributed by atoms with van der Waals surface area (Å²) in [6, 6.07) is 4.48. The number of amides is 3. The lowest BCUT2D eigenvalue weighted by atomic mass is 9.87. The van der Waals surface area contributed by atoms with Crippen LogP contribution in [0.15, 0.2) is 24.3 Å². The van der Waals surface area contributed by atoms with Crippen molar-refractivity contribution in [3.8, 4) is 11.1 Å². The second kappa shape index (κ2) is 20.1. The van der Waals surface area contributed by atoms with Crippen LogP contribution in [0.25, 0.3) is 11.1 Å². The first kappa shape index (κ1) is 45.4. The molecule has 0 aromatic heterocycles. The molecule has 15 heteroatoms. The Balaban J connectivity index is 1.11. The van der Waals surface area contributed by atoms with Crippen molar-refractivity contribution in [1.29, 1.82) is 0 Å². The summed E-state index contributed by atoms with van der Waals surface area (Å²) < 4.78 is 21.0. The summed E-state index contributed by atoms with van der Waals surface area (Å²) >= 11 is 0. The molecule has 2 N–H and O–H groups in total. The molecule has 0 spiro atoms. The van der Waals surface area contributed by atoms with Crippen LogP contribution in [0.1, 0.15) is 109 Å². The van der Waals surface area contributed by atoms with Crippen LogP contribution >= 0.6 is 0 Å². The highest BCUT2D eigenvalue weighted by Crippen LogP contribution is 2.40. The molecule has 2 saturated heterocycles. The number of ether oxygens (including phenoxy) is 4. The van der Waals surface area contributed by atoms with Crippen molar-refractivity contribution in [1.82, 2.24) is 20.4 Å². The quantitative estimate of drug-likeness (QED) is 0.0994. The number of carbonyl (C=O) groups is 7. The Kier molecular flexibility index (Phi) is 15.0. The van der Waals surface area contributed by atoms with Gasteiger partial charge >= 0.3 is 18.0 Å². The third kappa shape index (κ3) is 9.83. The fourth-order valence-electron chi connectivity index (χ4n) is 9.45. The third-order valence-electron chi connectivity index (χ3n) is 12.5. The second-order valence-corrected chi connectivity index (χ2v) is 17.1. The first-order chi connectivity index (χ1) is 29.3. The topological polar surface area (TPSA) is 187 Å². The van der Waals surface area contributed by atoms with Crippen LogP contribution in [-0.4, -0.2) is 123 Å². The van der Waals surface area contributed by atoms with Crippen LogP contribution in [0.3, 0.4) is 0 Å². The molecule has 3 amide bonds. The molecule has 2 aliphatic heterocycles. The monoisotopic (exact) mass is 844 g/mol. The number of ketones is 2. The SMILES string of the molecule is COCNC(C(=O)N1CCCC1C(=O)OCC(=O)c1ccc(-c2ccc(C(=O)COC(=O)C3CCCN3C(=O)C(NC(=O)OC)C(C)C)c3c2CCC3)c2c1CCC2)C(C)C. The smallest absolute Gasteiger partial charge is 0.407 e. The molecule has 0 bridgehead atoms. The van der Waals surface area contributed by atoms with Gasteiger partial charge in [0.1, 0.15) is 18.1 Å². The van der Waals surface area contributed by atoms with Gasteiger partial charge < -0.3 is 34.1 Å². The van der Waals surface area contributed by atoms with Crippen LogP contribution in [-0.2, 0) is 63.8 Å². The summed E-state index contributed by atoms with van der Waals surface area (Å²) in [4.78, 5) is 95.7. The molecule has 0 saturated carbocycles. The van der Waals surface area contributed by atoms with Gasteiger partial charge in [-0.1, -0.05) is 52.0 Å². The minimum Gasteiger partial charge on any atom is -0.456 e. The number of Topliss-reactive ketones (excluding diaryl/α,β-unsaturated/α-hetero) is 2. The minimum atomic E-state index is -0.883. The van der Waals surface area contributed by atoms with Crippen molar-refractivity contribution in [2.45, 2.75) is 116 Å². The van der Waals surface area contributed by atoms with Gasteiger partial charge in [0.25, 0.3) is 0 Å². The average Bonchev–Trinajstić information content (AvgIpc) is 4.09. The number of nitrogens with one attached hydrogen (secondary N) is 2. The molecule has 15 nitrogen and oxygen atoms in total. The molecule has 6 rings (SSSR count). The number of fused-ring (bicyclic) bond motifs is 2. The third-order valence-corrected chi connectivity index (χ3v) is 12.5. The van der Waals surface area contributed by atoms with Gasteiger partial charge in [0.2, 0.25) is 23.4 Å². The Morgan fingerprint density at radius 3 is 1.49 bits per heavy atom. The molecule has 4 atom stereocenters. The predicted octanol–water partition coefficient (Wildman–Crippen LogP) is 4.36. The van der Waals surface area contributed by atoms with Gasteiger partial charge in [-0.05, 0) is 109 Å². The van der Waals surface area contributed by atoms with Gasteiger partial charge in [0.15, 0.2) is 13.2 Å². The number of likely N-dealkylation sites (tertiary alicyclic amines) is 2. The molecule has 4 aliphatic rings. The van der Waals surface area contributed by atoms with Gasteiger partial charge in [-0.3, -0.25) is 24.5 Å². The fourth-order valence-corrected chi connectivity index (χ4v) is 9.45. The first-order valence-electron chi connectivity index (χ1n) is 21.6. The number of esters is 2. The summed E-state index contributed by atoms with van der Waals surface area (Å²) in [5.41, 5.74) is 7.07. The zero-order valence-electron chi connectivity index (χ0n) is 36.3. The van der Waals surface area contributed by atoms with Crippen molar-refractivity contribution in [2.24, 2.45) is 11.8 Å². The maximum atomic E-state index is 13.7. The molecule has 61 heavy (non-hydrogen) atoms. The van der Waals surface area contributed by atoms with Gasteiger partial charge in [0.05, 0.1) is 19.9 Å². The molecule has 2 heterocycles. The Bertz CT molecular complexity index is 2030. The minimum absolute atomic E-state index is 0.0249.